The number of rotatable bonds is 2. The van der Waals surface area contributed by atoms with Crippen molar-refractivity contribution in [1.29, 1.82) is 0 Å². The molecule has 2 nitrogen and oxygen atoms in total. The Hall–Kier alpha value is -1.32. The third kappa shape index (κ3) is 2.28. The van der Waals surface area contributed by atoms with Gasteiger partial charge in [-0.05, 0) is 58.6 Å². The van der Waals surface area contributed by atoms with Crippen molar-refractivity contribution in [2.75, 3.05) is 11.4 Å². The summed E-state index contributed by atoms with van der Waals surface area (Å²) in [4.78, 5) is 2.37. The molecule has 2 aromatic carbocycles. The fourth-order valence-electron chi connectivity index (χ4n) is 2.61. The van der Waals surface area contributed by atoms with Gasteiger partial charge in [-0.3, -0.25) is 0 Å². The summed E-state index contributed by atoms with van der Waals surface area (Å²) < 4.78 is 1.11. The highest BCUT2D eigenvalue weighted by Crippen LogP contribution is 2.38. The fraction of sp³-hybridized carbons (Fsp3) is 0.250. The van der Waals surface area contributed by atoms with Crippen molar-refractivity contribution in [3.63, 3.8) is 0 Å². The van der Waals surface area contributed by atoms with Gasteiger partial charge >= 0.3 is 0 Å². The van der Waals surface area contributed by atoms with Gasteiger partial charge in [-0.15, -0.1) is 0 Å². The van der Waals surface area contributed by atoms with E-state index >= 15 is 0 Å². The summed E-state index contributed by atoms with van der Waals surface area (Å²) in [7, 11) is 0. The number of anilines is 2. The van der Waals surface area contributed by atoms with Crippen molar-refractivity contribution in [1.82, 2.24) is 0 Å². The van der Waals surface area contributed by atoms with Crippen molar-refractivity contribution in [2.24, 2.45) is 5.73 Å². The second-order valence-corrected chi connectivity index (χ2v) is 5.88. The molecule has 0 aliphatic carbocycles. The first-order valence-electron chi connectivity index (χ1n) is 6.57. The lowest BCUT2D eigenvalue weighted by atomic mass is 10.1. The molecule has 0 fully saturated rings. The van der Waals surface area contributed by atoms with E-state index in [1.807, 2.05) is 6.92 Å². The molecule has 2 N–H and O–H groups in total. The van der Waals surface area contributed by atoms with Crippen LogP contribution in [0.15, 0.2) is 46.9 Å². The van der Waals surface area contributed by atoms with Gasteiger partial charge in [0.05, 0.1) is 5.69 Å². The van der Waals surface area contributed by atoms with Crippen LogP contribution in [0.2, 0.25) is 0 Å². The molecule has 1 unspecified atom stereocenters. The van der Waals surface area contributed by atoms with E-state index in [2.05, 4.69) is 63.3 Å². The fourth-order valence-corrected chi connectivity index (χ4v) is 3.22. The third-order valence-electron chi connectivity index (χ3n) is 3.68. The summed E-state index contributed by atoms with van der Waals surface area (Å²) in [5, 5.41) is 0. The monoisotopic (exact) mass is 316 g/mol. The minimum absolute atomic E-state index is 0.0659. The number of hydrogen-bond donors (Lipinski definition) is 1. The normalized spacial score (nSPS) is 15.4. The molecule has 1 heterocycles. The van der Waals surface area contributed by atoms with Gasteiger partial charge in [-0.25, -0.2) is 0 Å². The summed E-state index contributed by atoms with van der Waals surface area (Å²) in [6.07, 6.45) is 1.11. The Balaban J connectivity index is 2.00. The summed E-state index contributed by atoms with van der Waals surface area (Å²) in [6, 6.07) is 15.1. The smallest absolute Gasteiger partial charge is 0.0555 e. The molecule has 1 aliphatic heterocycles. The van der Waals surface area contributed by atoms with Crippen LogP contribution in [-0.2, 0) is 6.42 Å². The van der Waals surface area contributed by atoms with Crippen molar-refractivity contribution in [3.8, 4) is 0 Å². The lowest BCUT2D eigenvalue weighted by molar-refractivity contribution is 0.817. The zero-order valence-electron chi connectivity index (χ0n) is 10.9. The molecular weight excluding hydrogens is 300 g/mol. The van der Waals surface area contributed by atoms with Crippen molar-refractivity contribution >= 4 is 27.3 Å². The first-order chi connectivity index (χ1) is 9.16. The van der Waals surface area contributed by atoms with Crippen LogP contribution in [0.1, 0.15) is 24.1 Å². The van der Waals surface area contributed by atoms with Crippen LogP contribution in [0.5, 0.6) is 0 Å². The lowest BCUT2D eigenvalue weighted by Crippen LogP contribution is -2.14. The van der Waals surface area contributed by atoms with Gasteiger partial charge in [0.2, 0.25) is 0 Å². The quantitative estimate of drug-likeness (QED) is 0.901. The van der Waals surface area contributed by atoms with Crippen molar-refractivity contribution in [3.05, 3.63) is 58.1 Å². The predicted molar refractivity (Wildman–Crippen MR) is 83.9 cm³/mol. The number of hydrogen-bond acceptors (Lipinski definition) is 2. The molecule has 2 aromatic rings. The number of nitrogens with zero attached hydrogens (tertiary/aromatic N) is 1. The van der Waals surface area contributed by atoms with Crippen LogP contribution in [0.3, 0.4) is 0 Å². The maximum atomic E-state index is 5.93. The van der Waals surface area contributed by atoms with E-state index in [4.69, 9.17) is 5.73 Å². The Morgan fingerprint density at radius 2 is 1.95 bits per heavy atom. The van der Waals surface area contributed by atoms with E-state index in [9.17, 15) is 0 Å². The van der Waals surface area contributed by atoms with E-state index < -0.39 is 0 Å². The first-order valence-corrected chi connectivity index (χ1v) is 7.36. The highest BCUT2D eigenvalue weighted by Gasteiger charge is 2.21. The number of para-hydroxylation sites is 1. The lowest BCUT2D eigenvalue weighted by Gasteiger charge is -2.22. The second kappa shape index (κ2) is 4.99. The standard InChI is InChI=1S/C16H17BrN2/c1-11(18)13-6-7-16(14(17)10-13)19-9-8-12-4-2-3-5-15(12)19/h2-7,10-11H,8-9,18H2,1H3. The largest absolute Gasteiger partial charge is 0.340 e. The molecule has 1 aliphatic rings. The van der Waals surface area contributed by atoms with Gasteiger partial charge in [0.15, 0.2) is 0 Å². The molecule has 0 bridgehead atoms. The van der Waals surface area contributed by atoms with E-state index in [-0.39, 0.29) is 6.04 Å². The molecule has 19 heavy (non-hydrogen) atoms. The molecule has 0 spiro atoms. The van der Waals surface area contributed by atoms with E-state index in [1.54, 1.807) is 0 Å². The highest BCUT2D eigenvalue weighted by atomic mass is 79.9. The van der Waals surface area contributed by atoms with Crippen LogP contribution in [0, 0.1) is 0 Å². The molecule has 0 amide bonds. The summed E-state index contributed by atoms with van der Waals surface area (Å²) in [6.45, 7) is 3.04. The van der Waals surface area contributed by atoms with Gasteiger partial charge in [-0.1, -0.05) is 24.3 Å². The SMILES string of the molecule is CC(N)c1ccc(N2CCc3ccccc32)c(Br)c1. The van der Waals surface area contributed by atoms with E-state index in [1.165, 1.54) is 16.9 Å². The van der Waals surface area contributed by atoms with Crippen molar-refractivity contribution < 1.29 is 0 Å². The Morgan fingerprint density at radius 3 is 2.68 bits per heavy atom. The average molecular weight is 317 g/mol. The Bertz CT molecular complexity index is 607. The Morgan fingerprint density at radius 1 is 1.16 bits per heavy atom. The molecule has 0 radical (unpaired) electrons. The maximum absolute atomic E-state index is 5.93. The second-order valence-electron chi connectivity index (χ2n) is 5.03. The molecule has 0 saturated carbocycles. The van der Waals surface area contributed by atoms with Gasteiger partial charge in [0, 0.05) is 22.7 Å². The minimum Gasteiger partial charge on any atom is -0.340 e. The zero-order valence-corrected chi connectivity index (χ0v) is 12.5. The summed E-state index contributed by atoms with van der Waals surface area (Å²) >= 11 is 3.68. The van der Waals surface area contributed by atoms with Crippen LogP contribution in [0.25, 0.3) is 0 Å². The molecular formula is C16H17BrN2. The van der Waals surface area contributed by atoms with Crippen LogP contribution >= 0.6 is 15.9 Å². The van der Waals surface area contributed by atoms with Gasteiger partial charge < -0.3 is 10.6 Å². The molecule has 0 aromatic heterocycles. The number of halogens is 1. The molecule has 3 rings (SSSR count). The molecule has 1 atom stereocenters. The van der Waals surface area contributed by atoms with E-state index in [0.717, 1.165) is 23.0 Å². The summed E-state index contributed by atoms with van der Waals surface area (Å²) in [5.41, 5.74) is 11.0. The van der Waals surface area contributed by atoms with Crippen molar-refractivity contribution in [2.45, 2.75) is 19.4 Å². The predicted octanol–water partition coefficient (Wildman–Crippen LogP) is 4.16. The highest BCUT2D eigenvalue weighted by molar-refractivity contribution is 9.10. The van der Waals surface area contributed by atoms with E-state index in [0.29, 0.717) is 0 Å². The summed E-state index contributed by atoms with van der Waals surface area (Å²) in [5.74, 6) is 0. The first kappa shape index (κ1) is 12.7. The topological polar surface area (TPSA) is 29.3 Å². The minimum atomic E-state index is 0.0659. The number of nitrogens with two attached hydrogens (primary N) is 1. The number of benzene rings is 2. The molecule has 0 saturated heterocycles. The number of fused-ring (bicyclic) bond motifs is 1. The Labute approximate surface area is 122 Å². The zero-order chi connectivity index (χ0) is 13.4. The van der Waals surface area contributed by atoms with Crippen LogP contribution in [0.4, 0.5) is 11.4 Å². The van der Waals surface area contributed by atoms with Gasteiger partial charge in [0.1, 0.15) is 0 Å². The van der Waals surface area contributed by atoms with Crippen LogP contribution in [-0.4, -0.2) is 6.54 Å². The van der Waals surface area contributed by atoms with Crippen LogP contribution < -0.4 is 10.6 Å². The molecule has 3 heteroatoms. The maximum Gasteiger partial charge on any atom is 0.0555 e. The molecule has 98 valence electrons. The van der Waals surface area contributed by atoms with Gasteiger partial charge in [0.25, 0.3) is 0 Å². The van der Waals surface area contributed by atoms with Gasteiger partial charge in [-0.2, -0.15) is 0 Å². The Kier molecular flexibility index (Phi) is 3.33. The third-order valence-corrected chi connectivity index (χ3v) is 4.31. The average Bonchev–Trinajstić information content (AvgIpc) is 2.82.